The molecule has 31 heavy (non-hydrogen) atoms. The van der Waals surface area contributed by atoms with Crippen LogP contribution in [0.5, 0.6) is 17.4 Å². The number of benzene rings is 1. The average Bonchev–Trinajstić information content (AvgIpc) is 2.74. The largest absolute Gasteiger partial charge is 0.528 e. The SMILES string of the molecule is COc1cc(Nc2cc(OC3CCN(OC(=O)OC(C)C)CC3)ncn2)cc(OC)c1. The zero-order chi connectivity index (χ0) is 22.2. The number of rotatable bonds is 8. The van der Waals surface area contributed by atoms with Crippen molar-refractivity contribution in [2.75, 3.05) is 32.6 Å². The summed E-state index contributed by atoms with van der Waals surface area (Å²) in [6.45, 7) is 4.66. The van der Waals surface area contributed by atoms with Gasteiger partial charge in [-0.15, -0.1) is 5.06 Å². The maximum atomic E-state index is 11.6. The van der Waals surface area contributed by atoms with Gasteiger partial charge >= 0.3 is 6.16 Å². The molecule has 0 atom stereocenters. The minimum absolute atomic E-state index is 0.0411. The van der Waals surface area contributed by atoms with Gasteiger partial charge in [-0.3, -0.25) is 0 Å². The number of carbonyl (C=O) groups excluding carboxylic acids is 1. The molecule has 3 rings (SSSR count). The van der Waals surface area contributed by atoms with Crippen molar-refractivity contribution in [3.63, 3.8) is 0 Å². The van der Waals surface area contributed by atoms with Gasteiger partial charge in [-0.05, 0) is 13.8 Å². The van der Waals surface area contributed by atoms with Gasteiger partial charge in [0.15, 0.2) is 0 Å². The molecule has 0 saturated carbocycles. The Labute approximate surface area is 181 Å². The summed E-state index contributed by atoms with van der Waals surface area (Å²) in [4.78, 5) is 25.2. The molecule has 0 amide bonds. The van der Waals surface area contributed by atoms with Crippen molar-refractivity contribution in [2.45, 2.75) is 38.9 Å². The van der Waals surface area contributed by atoms with E-state index in [0.717, 1.165) is 5.69 Å². The first kappa shape index (κ1) is 22.4. The van der Waals surface area contributed by atoms with Crippen molar-refractivity contribution in [1.82, 2.24) is 15.0 Å². The lowest BCUT2D eigenvalue weighted by Gasteiger charge is -2.30. The molecule has 0 bridgehead atoms. The van der Waals surface area contributed by atoms with Crippen LogP contribution in [0.4, 0.5) is 16.3 Å². The second-order valence-electron chi connectivity index (χ2n) is 7.22. The Balaban J connectivity index is 1.54. The molecule has 2 aromatic rings. The third-order valence-corrected chi connectivity index (χ3v) is 4.49. The molecule has 10 heteroatoms. The molecule has 1 saturated heterocycles. The van der Waals surface area contributed by atoms with E-state index in [1.54, 1.807) is 45.3 Å². The van der Waals surface area contributed by atoms with Crippen molar-refractivity contribution in [2.24, 2.45) is 0 Å². The van der Waals surface area contributed by atoms with Crippen molar-refractivity contribution in [3.8, 4) is 17.4 Å². The van der Waals surface area contributed by atoms with Crippen LogP contribution in [-0.2, 0) is 9.57 Å². The van der Waals surface area contributed by atoms with Crippen LogP contribution in [0.1, 0.15) is 26.7 Å². The van der Waals surface area contributed by atoms with Gasteiger partial charge in [0.05, 0.1) is 20.3 Å². The van der Waals surface area contributed by atoms with Gasteiger partial charge in [0.1, 0.15) is 29.7 Å². The predicted octanol–water partition coefficient (Wildman–Crippen LogP) is 3.56. The van der Waals surface area contributed by atoms with Crippen LogP contribution in [0.2, 0.25) is 0 Å². The van der Waals surface area contributed by atoms with Gasteiger partial charge in [0, 0.05) is 55.9 Å². The molecule has 1 aromatic heterocycles. The Bertz CT molecular complexity index is 848. The number of hydrogen-bond acceptors (Lipinski definition) is 10. The van der Waals surface area contributed by atoms with E-state index in [1.807, 2.05) is 12.1 Å². The molecular formula is C21H28N4O6. The Morgan fingerprint density at radius 3 is 2.35 bits per heavy atom. The molecule has 0 unspecified atom stereocenters. The van der Waals surface area contributed by atoms with Crippen LogP contribution >= 0.6 is 0 Å². The van der Waals surface area contributed by atoms with Gasteiger partial charge < -0.3 is 29.1 Å². The van der Waals surface area contributed by atoms with Crippen molar-refractivity contribution >= 4 is 17.7 Å². The van der Waals surface area contributed by atoms with E-state index in [9.17, 15) is 4.79 Å². The summed E-state index contributed by atoms with van der Waals surface area (Å²) in [5.74, 6) is 2.38. The minimum atomic E-state index is -0.685. The fraction of sp³-hybridized carbons (Fsp3) is 0.476. The van der Waals surface area contributed by atoms with Crippen LogP contribution in [0.3, 0.4) is 0 Å². The highest BCUT2D eigenvalue weighted by Crippen LogP contribution is 2.28. The number of nitrogens with zero attached hydrogens (tertiary/aromatic N) is 3. The summed E-state index contributed by atoms with van der Waals surface area (Å²) < 4.78 is 21.6. The zero-order valence-corrected chi connectivity index (χ0v) is 18.2. The monoisotopic (exact) mass is 432 g/mol. The molecule has 168 valence electrons. The third-order valence-electron chi connectivity index (χ3n) is 4.49. The molecule has 10 nitrogen and oxygen atoms in total. The number of methoxy groups -OCH3 is 2. The topological polar surface area (TPSA) is 104 Å². The van der Waals surface area contributed by atoms with Crippen molar-refractivity contribution in [3.05, 3.63) is 30.6 Å². The van der Waals surface area contributed by atoms with Gasteiger partial charge in [-0.25, -0.2) is 14.8 Å². The Morgan fingerprint density at radius 2 is 1.74 bits per heavy atom. The molecule has 2 heterocycles. The van der Waals surface area contributed by atoms with E-state index in [-0.39, 0.29) is 12.2 Å². The maximum Gasteiger partial charge on any atom is 0.528 e. The fourth-order valence-corrected chi connectivity index (χ4v) is 3.03. The Kier molecular flexibility index (Phi) is 7.71. The molecule has 1 aliphatic heterocycles. The Hall–Kier alpha value is -3.27. The molecule has 0 radical (unpaired) electrons. The first-order chi connectivity index (χ1) is 14.9. The maximum absolute atomic E-state index is 11.6. The molecule has 1 fully saturated rings. The fourth-order valence-electron chi connectivity index (χ4n) is 3.03. The number of ether oxygens (including phenoxy) is 4. The number of anilines is 2. The molecule has 0 aliphatic carbocycles. The molecule has 0 spiro atoms. The number of piperidine rings is 1. The lowest BCUT2D eigenvalue weighted by molar-refractivity contribution is -0.151. The Morgan fingerprint density at radius 1 is 1.06 bits per heavy atom. The standard InChI is InChI=1S/C21H28N4O6/c1-14(2)29-21(26)31-25-7-5-16(6-8-25)30-20-12-19(22-13-23-20)24-15-9-17(27-3)11-18(10-15)28-4/h9-14,16H,5-8H2,1-4H3,(H,22,23,24). The van der Waals surface area contributed by atoms with Crippen molar-refractivity contribution in [1.29, 1.82) is 0 Å². The lowest BCUT2D eigenvalue weighted by Crippen LogP contribution is -2.40. The molecular weight excluding hydrogens is 404 g/mol. The van der Waals surface area contributed by atoms with E-state index in [0.29, 0.717) is 49.1 Å². The summed E-state index contributed by atoms with van der Waals surface area (Å²) in [5.41, 5.74) is 0.764. The summed E-state index contributed by atoms with van der Waals surface area (Å²) >= 11 is 0. The van der Waals surface area contributed by atoms with Crippen LogP contribution in [0.25, 0.3) is 0 Å². The summed E-state index contributed by atoms with van der Waals surface area (Å²) in [6.07, 6.45) is 1.88. The molecule has 1 aliphatic rings. The van der Waals surface area contributed by atoms with E-state index < -0.39 is 6.16 Å². The van der Waals surface area contributed by atoms with Gasteiger partial charge in [-0.2, -0.15) is 0 Å². The van der Waals surface area contributed by atoms with Crippen LogP contribution in [0.15, 0.2) is 30.6 Å². The van der Waals surface area contributed by atoms with Crippen LogP contribution in [-0.4, -0.2) is 60.7 Å². The second-order valence-corrected chi connectivity index (χ2v) is 7.22. The van der Waals surface area contributed by atoms with E-state index in [1.165, 1.54) is 6.33 Å². The summed E-state index contributed by atoms with van der Waals surface area (Å²) in [5, 5.41) is 4.80. The minimum Gasteiger partial charge on any atom is -0.497 e. The smallest absolute Gasteiger partial charge is 0.497 e. The number of hydroxylamine groups is 2. The normalized spacial score (nSPS) is 14.7. The summed E-state index contributed by atoms with van der Waals surface area (Å²) in [6, 6.07) is 7.20. The first-order valence-electron chi connectivity index (χ1n) is 10.1. The van der Waals surface area contributed by atoms with E-state index in [4.69, 9.17) is 23.8 Å². The van der Waals surface area contributed by atoms with Gasteiger partial charge in [0.25, 0.3) is 0 Å². The molecule has 1 N–H and O–H groups in total. The van der Waals surface area contributed by atoms with E-state index >= 15 is 0 Å². The van der Waals surface area contributed by atoms with Crippen LogP contribution < -0.4 is 19.5 Å². The van der Waals surface area contributed by atoms with Gasteiger partial charge in [-0.1, -0.05) is 0 Å². The number of aromatic nitrogens is 2. The number of carbonyl (C=O) groups is 1. The quantitative estimate of drug-likeness (QED) is 0.623. The highest BCUT2D eigenvalue weighted by atomic mass is 16.8. The summed E-state index contributed by atoms with van der Waals surface area (Å²) in [7, 11) is 3.19. The van der Waals surface area contributed by atoms with E-state index in [2.05, 4.69) is 15.3 Å². The average molecular weight is 432 g/mol. The van der Waals surface area contributed by atoms with Gasteiger partial charge in [0.2, 0.25) is 5.88 Å². The number of hydrogen-bond donors (Lipinski definition) is 1. The second kappa shape index (κ2) is 10.7. The highest BCUT2D eigenvalue weighted by Gasteiger charge is 2.24. The molecule has 1 aromatic carbocycles. The first-order valence-corrected chi connectivity index (χ1v) is 10.1. The highest BCUT2D eigenvalue weighted by molar-refractivity contribution is 5.61. The van der Waals surface area contributed by atoms with Crippen LogP contribution in [0, 0.1) is 0 Å². The number of nitrogens with one attached hydrogen (secondary N) is 1. The van der Waals surface area contributed by atoms with Crippen molar-refractivity contribution < 1.29 is 28.6 Å². The predicted molar refractivity (Wildman–Crippen MR) is 113 cm³/mol. The zero-order valence-electron chi connectivity index (χ0n) is 18.2. The third kappa shape index (κ3) is 6.88. The lowest BCUT2D eigenvalue weighted by atomic mass is 10.1.